The second-order valence-corrected chi connectivity index (χ2v) is 0.915. The molecule has 0 bridgehead atoms. The van der Waals surface area contributed by atoms with E-state index in [0.717, 1.165) is 6.21 Å². The first-order chi connectivity index (χ1) is 2.81. The summed E-state index contributed by atoms with van der Waals surface area (Å²) in [4.78, 5) is 0. The van der Waals surface area contributed by atoms with Crippen molar-refractivity contribution in [3.63, 3.8) is 0 Å². The van der Waals surface area contributed by atoms with Crippen LogP contribution in [0.5, 0.6) is 0 Å². The molecule has 0 unspecified atom stereocenters. The highest BCUT2D eigenvalue weighted by Crippen LogP contribution is 1.58. The zero-order valence-corrected chi connectivity index (χ0v) is 3.60. The molecule has 6 heavy (non-hydrogen) atoms. The van der Waals surface area contributed by atoms with Gasteiger partial charge in [-0.3, -0.25) is 0 Å². The Hall–Kier alpha value is -0.860. The maximum atomic E-state index is 6.47. The van der Waals surface area contributed by atoms with E-state index in [1.807, 2.05) is 0 Å². The van der Waals surface area contributed by atoms with Crippen LogP contribution in [0.25, 0.3) is 0 Å². The molecule has 0 atom stereocenters. The first-order valence-corrected chi connectivity index (χ1v) is 1.56. The van der Waals surface area contributed by atoms with Gasteiger partial charge in [-0.25, -0.2) is 0 Å². The molecule has 3 heteroatoms. The summed E-state index contributed by atoms with van der Waals surface area (Å²) in [7, 11) is 0. The SMILES string of the molecule is CC(C=N)=NN. The van der Waals surface area contributed by atoms with E-state index in [4.69, 9.17) is 11.3 Å². The molecule has 0 amide bonds. The largest absolute Gasteiger partial charge is 0.323 e. The molecule has 0 fully saturated rings. The molecule has 0 rings (SSSR count). The Balaban J connectivity index is 3.50. The molecule has 0 saturated heterocycles. The lowest BCUT2D eigenvalue weighted by Gasteiger charge is -1.76. The molecule has 0 heterocycles. The van der Waals surface area contributed by atoms with Crippen molar-refractivity contribution in [2.24, 2.45) is 10.9 Å². The Morgan fingerprint density at radius 1 is 2.00 bits per heavy atom. The van der Waals surface area contributed by atoms with Gasteiger partial charge in [0.15, 0.2) is 0 Å². The fourth-order valence-electron chi connectivity index (χ4n) is 0.0373. The Kier molecular flexibility index (Phi) is 2.04. The van der Waals surface area contributed by atoms with Crippen molar-refractivity contribution in [2.45, 2.75) is 6.92 Å². The van der Waals surface area contributed by atoms with Crippen molar-refractivity contribution in [2.75, 3.05) is 0 Å². The molecular formula is C3H7N3. The third kappa shape index (κ3) is 1.46. The van der Waals surface area contributed by atoms with Crippen molar-refractivity contribution < 1.29 is 0 Å². The standard InChI is InChI=1S/C3H7N3/c1-3(2-4)6-5/h2,4H,5H2,1H3. The third-order valence-electron chi connectivity index (χ3n) is 0.413. The zero-order valence-electron chi connectivity index (χ0n) is 3.60. The van der Waals surface area contributed by atoms with E-state index in [-0.39, 0.29) is 0 Å². The van der Waals surface area contributed by atoms with Crippen LogP contribution in [0.1, 0.15) is 6.92 Å². The van der Waals surface area contributed by atoms with Crippen molar-refractivity contribution in [3.05, 3.63) is 0 Å². The van der Waals surface area contributed by atoms with Gasteiger partial charge in [-0.2, -0.15) is 5.10 Å². The van der Waals surface area contributed by atoms with E-state index in [2.05, 4.69) is 5.10 Å². The Bertz CT molecular complexity index is 74.1. The van der Waals surface area contributed by atoms with Crippen LogP contribution >= 0.6 is 0 Å². The minimum Gasteiger partial charge on any atom is -0.323 e. The maximum absolute atomic E-state index is 6.47. The van der Waals surface area contributed by atoms with E-state index in [0.29, 0.717) is 5.71 Å². The van der Waals surface area contributed by atoms with Crippen LogP contribution in [0.3, 0.4) is 0 Å². The van der Waals surface area contributed by atoms with Gasteiger partial charge >= 0.3 is 0 Å². The van der Waals surface area contributed by atoms with Gasteiger partial charge in [0.2, 0.25) is 0 Å². The summed E-state index contributed by atoms with van der Waals surface area (Å²) in [6.45, 7) is 1.66. The zero-order chi connectivity index (χ0) is 4.99. The maximum Gasteiger partial charge on any atom is 0.0744 e. The van der Waals surface area contributed by atoms with Crippen molar-refractivity contribution in [1.29, 1.82) is 5.41 Å². The van der Waals surface area contributed by atoms with Crippen LogP contribution in [-0.2, 0) is 0 Å². The van der Waals surface area contributed by atoms with Crippen molar-refractivity contribution in [1.82, 2.24) is 0 Å². The molecule has 0 aromatic rings. The number of nitrogens with zero attached hydrogens (tertiary/aromatic N) is 1. The molecule has 0 aromatic heterocycles. The molecule has 0 aliphatic carbocycles. The molecule has 34 valence electrons. The predicted molar refractivity (Wildman–Crippen MR) is 26.1 cm³/mol. The van der Waals surface area contributed by atoms with Crippen LogP contribution in [0.15, 0.2) is 5.10 Å². The number of hydrogen-bond acceptors (Lipinski definition) is 3. The van der Waals surface area contributed by atoms with E-state index in [1.165, 1.54) is 0 Å². The molecule has 0 aliphatic heterocycles. The first-order valence-electron chi connectivity index (χ1n) is 1.56. The Labute approximate surface area is 36.4 Å². The van der Waals surface area contributed by atoms with E-state index in [1.54, 1.807) is 6.92 Å². The highest BCUT2D eigenvalue weighted by molar-refractivity contribution is 6.28. The normalized spacial score (nSPS) is 11.2. The fraction of sp³-hybridized carbons (Fsp3) is 0.333. The number of nitrogens with one attached hydrogen (secondary N) is 1. The molecule has 3 nitrogen and oxygen atoms in total. The number of hydrogen-bond donors (Lipinski definition) is 2. The summed E-state index contributed by atoms with van der Waals surface area (Å²) in [5.41, 5.74) is 0.537. The van der Waals surface area contributed by atoms with Gasteiger partial charge in [0.05, 0.1) is 5.71 Å². The summed E-state index contributed by atoms with van der Waals surface area (Å²) in [5.74, 6) is 4.72. The molecule has 3 N–H and O–H groups in total. The monoisotopic (exact) mass is 85.1 g/mol. The van der Waals surface area contributed by atoms with Gasteiger partial charge in [-0.15, -0.1) is 0 Å². The third-order valence-corrected chi connectivity index (χ3v) is 0.413. The summed E-state index contributed by atoms with van der Waals surface area (Å²) < 4.78 is 0. The molecule has 0 spiro atoms. The topological polar surface area (TPSA) is 62.2 Å². The highest BCUT2D eigenvalue weighted by atomic mass is 15.1. The summed E-state index contributed by atoms with van der Waals surface area (Å²) in [6.07, 6.45) is 1.10. The first kappa shape index (κ1) is 5.14. The van der Waals surface area contributed by atoms with E-state index in [9.17, 15) is 0 Å². The summed E-state index contributed by atoms with van der Waals surface area (Å²) in [6, 6.07) is 0. The van der Waals surface area contributed by atoms with Gasteiger partial charge in [0, 0.05) is 6.21 Å². The second kappa shape index (κ2) is 2.38. The summed E-state index contributed by atoms with van der Waals surface area (Å²) >= 11 is 0. The lowest BCUT2D eigenvalue weighted by atomic mass is 10.5. The number of nitrogens with two attached hydrogens (primary N) is 1. The van der Waals surface area contributed by atoms with Crippen LogP contribution in [0, 0.1) is 5.41 Å². The van der Waals surface area contributed by atoms with E-state index < -0.39 is 0 Å². The van der Waals surface area contributed by atoms with Crippen molar-refractivity contribution in [3.8, 4) is 0 Å². The smallest absolute Gasteiger partial charge is 0.0744 e. The lowest BCUT2D eigenvalue weighted by Crippen LogP contribution is -1.94. The molecule has 0 radical (unpaired) electrons. The van der Waals surface area contributed by atoms with Crippen LogP contribution in [0.4, 0.5) is 0 Å². The highest BCUT2D eigenvalue weighted by Gasteiger charge is 1.71. The van der Waals surface area contributed by atoms with Crippen molar-refractivity contribution >= 4 is 11.9 Å². The minimum atomic E-state index is 0.537. The van der Waals surface area contributed by atoms with Crippen LogP contribution in [0.2, 0.25) is 0 Å². The van der Waals surface area contributed by atoms with E-state index >= 15 is 0 Å². The quantitative estimate of drug-likeness (QED) is 0.262. The molecule has 0 saturated carbocycles. The molecule has 0 aliphatic rings. The second-order valence-electron chi connectivity index (χ2n) is 0.915. The van der Waals surface area contributed by atoms with Gasteiger partial charge in [-0.1, -0.05) is 0 Å². The average molecular weight is 85.1 g/mol. The fourth-order valence-corrected chi connectivity index (χ4v) is 0.0373. The molecule has 0 aromatic carbocycles. The Morgan fingerprint density at radius 3 is 2.50 bits per heavy atom. The summed E-state index contributed by atoms with van der Waals surface area (Å²) in [5, 5.41) is 9.65. The predicted octanol–water partition coefficient (Wildman–Crippen LogP) is -0.0294. The van der Waals surface area contributed by atoms with Gasteiger partial charge in [-0.05, 0) is 6.92 Å². The lowest BCUT2D eigenvalue weighted by molar-refractivity contribution is 1.25. The van der Waals surface area contributed by atoms with Gasteiger partial charge in [0.1, 0.15) is 0 Å². The van der Waals surface area contributed by atoms with Gasteiger partial charge in [0.25, 0.3) is 0 Å². The van der Waals surface area contributed by atoms with Crippen LogP contribution in [-0.4, -0.2) is 11.9 Å². The van der Waals surface area contributed by atoms with Gasteiger partial charge < -0.3 is 11.3 Å². The minimum absolute atomic E-state index is 0.537. The van der Waals surface area contributed by atoms with Crippen LogP contribution < -0.4 is 5.84 Å². The molecular weight excluding hydrogens is 78.1 g/mol. The number of rotatable bonds is 1. The number of hydrazone groups is 1. The Morgan fingerprint density at radius 2 is 2.50 bits per heavy atom. The average Bonchev–Trinajstić information content (AvgIpc) is 1.65.